The zero-order valence-electron chi connectivity index (χ0n) is 17.8. The summed E-state index contributed by atoms with van der Waals surface area (Å²) < 4.78 is 2.07. The van der Waals surface area contributed by atoms with Crippen molar-refractivity contribution in [3.05, 3.63) is 74.4 Å². The zero-order chi connectivity index (χ0) is 22.0. The maximum Gasteiger partial charge on any atom is 0.133 e. The van der Waals surface area contributed by atoms with Crippen LogP contribution in [0.5, 0.6) is 0 Å². The van der Waals surface area contributed by atoms with Gasteiger partial charge in [-0.3, -0.25) is 10.1 Å². The number of hydrogen-bond donors (Lipinski definition) is 2. The van der Waals surface area contributed by atoms with Crippen LogP contribution in [0.3, 0.4) is 0 Å². The van der Waals surface area contributed by atoms with Crippen LogP contribution in [0, 0.1) is 5.41 Å². The van der Waals surface area contributed by atoms with Gasteiger partial charge in [-0.2, -0.15) is 5.10 Å². The molecule has 0 aliphatic heterocycles. The summed E-state index contributed by atoms with van der Waals surface area (Å²) in [5.74, 6) is 0.909. The fourth-order valence-corrected chi connectivity index (χ4v) is 5.74. The summed E-state index contributed by atoms with van der Waals surface area (Å²) in [6, 6.07) is 14.5. The molecule has 1 aromatic carbocycles. The van der Waals surface area contributed by atoms with Crippen LogP contribution in [0.2, 0.25) is 0 Å². The summed E-state index contributed by atoms with van der Waals surface area (Å²) in [5.41, 5.74) is 9.85. The lowest BCUT2D eigenvalue weighted by molar-refractivity contribution is 0.546. The number of thiazole rings is 1. The second kappa shape index (κ2) is 8.98. The van der Waals surface area contributed by atoms with Crippen LogP contribution in [-0.4, -0.2) is 20.6 Å². The standard InChI is InChI=1S/C23H25N5S3/c1-23(2,3)20-10-18(28(27-20)11-15-7-5-4-6-8-15)17-13-31-21(26-17)14-29-16-9-19(22(24)25)30-12-16/h4-10,12-13H,11,14H2,1-3H3,(H3,24,25). The van der Waals surface area contributed by atoms with E-state index in [2.05, 4.69) is 61.2 Å². The Hall–Kier alpha value is -2.42. The summed E-state index contributed by atoms with van der Waals surface area (Å²) in [7, 11) is 0. The fraction of sp³-hybridized carbons (Fsp3) is 0.261. The Morgan fingerprint density at radius 1 is 1.13 bits per heavy atom. The van der Waals surface area contributed by atoms with Crippen molar-refractivity contribution >= 4 is 40.3 Å². The maximum absolute atomic E-state index is 7.55. The predicted octanol–water partition coefficient (Wildman–Crippen LogP) is 5.99. The topological polar surface area (TPSA) is 80.6 Å². The molecule has 0 spiro atoms. The van der Waals surface area contributed by atoms with Crippen molar-refractivity contribution in [1.82, 2.24) is 14.8 Å². The van der Waals surface area contributed by atoms with Crippen LogP contribution in [0.1, 0.15) is 41.9 Å². The van der Waals surface area contributed by atoms with Crippen molar-refractivity contribution in [1.29, 1.82) is 5.41 Å². The zero-order valence-corrected chi connectivity index (χ0v) is 20.2. The molecule has 0 aliphatic carbocycles. The molecule has 0 bridgehead atoms. The molecule has 0 saturated carbocycles. The van der Waals surface area contributed by atoms with Gasteiger partial charge in [0.05, 0.1) is 34.3 Å². The molecule has 160 valence electrons. The second-order valence-corrected chi connectivity index (χ2v) is 11.2. The van der Waals surface area contributed by atoms with Gasteiger partial charge in [0, 0.05) is 21.1 Å². The van der Waals surface area contributed by atoms with E-state index in [1.54, 1.807) is 23.1 Å². The number of thioether (sulfide) groups is 1. The number of nitrogens with one attached hydrogen (secondary N) is 1. The third-order valence-corrected chi connectivity index (χ3v) is 7.87. The highest BCUT2D eigenvalue weighted by Gasteiger charge is 2.22. The van der Waals surface area contributed by atoms with Gasteiger partial charge in [0.1, 0.15) is 10.8 Å². The van der Waals surface area contributed by atoms with Crippen LogP contribution < -0.4 is 5.73 Å². The molecule has 0 atom stereocenters. The summed E-state index contributed by atoms with van der Waals surface area (Å²) in [6.07, 6.45) is 0. The summed E-state index contributed by atoms with van der Waals surface area (Å²) in [6.45, 7) is 7.28. The molecule has 3 heterocycles. The number of hydrogen-bond acceptors (Lipinski definition) is 6. The third kappa shape index (κ3) is 5.26. The van der Waals surface area contributed by atoms with Crippen molar-refractivity contribution in [3.63, 3.8) is 0 Å². The number of aromatic nitrogens is 3. The minimum absolute atomic E-state index is 0.0290. The Morgan fingerprint density at radius 2 is 1.90 bits per heavy atom. The molecule has 3 aromatic heterocycles. The summed E-state index contributed by atoms with van der Waals surface area (Å²) >= 11 is 4.90. The van der Waals surface area contributed by atoms with Gasteiger partial charge in [-0.05, 0) is 17.7 Å². The average molecular weight is 468 g/mol. The highest BCUT2D eigenvalue weighted by Crippen LogP contribution is 2.32. The number of nitrogens with zero attached hydrogens (tertiary/aromatic N) is 3. The minimum Gasteiger partial charge on any atom is -0.383 e. The molecule has 8 heteroatoms. The number of benzene rings is 1. The van der Waals surface area contributed by atoms with Crippen molar-refractivity contribution < 1.29 is 0 Å². The Labute approximate surface area is 194 Å². The van der Waals surface area contributed by atoms with E-state index in [-0.39, 0.29) is 11.3 Å². The molecular weight excluding hydrogens is 442 g/mol. The Morgan fingerprint density at radius 3 is 2.58 bits per heavy atom. The highest BCUT2D eigenvalue weighted by atomic mass is 32.2. The lowest BCUT2D eigenvalue weighted by atomic mass is 9.92. The number of rotatable bonds is 7. The van der Waals surface area contributed by atoms with Crippen molar-refractivity contribution in [3.8, 4) is 11.4 Å². The summed E-state index contributed by atoms with van der Waals surface area (Å²) in [5, 5.41) is 17.7. The van der Waals surface area contributed by atoms with E-state index < -0.39 is 0 Å². The highest BCUT2D eigenvalue weighted by molar-refractivity contribution is 7.98. The smallest absolute Gasteiger partial charge is 0.133 e. The molecule has 0 aliphatic rings. The van der Waals surface area contributed by atoms with E-state index in [0.717, 1.165) is 44.2 Å². The van der Waals surface area contributed by atoms with Crippen molar-refractivity contribution in [2.75, 3.05) is 0 Å². The van der Waals surface area contributed by atoms with Gasteiger partial charge in [-0.15, -0.1) is 34.4 Å². The van der Waals surface area contributed by atoms with E-state index in [1.165, 1.54) is 16.9 Å². The fourth-order valence-electron chi connectivity index (χ4n) is 3.04. The van der Waals surface area contributed by atoms with Crippen LogP contribution >= 0.6 is 34.4 Å². The van der Waals surface area contributed by atoms with E-state index in [4.69, 9.17) is 21.2 Å². The van der Waals surface area contributed by atoms with Gasteiger partial charge in [-0.25, -0.2) is 4.98 Å². The molecule has 0 unspecified atom stereocenters. The largest absolute Gasteiger partial charge is 0.383 e. The first-order chi connectivity index (χ1) is 14.8. The molecule has 5 nitrogen and oxygen atoms in total. The van der Waals surface area contributed by atoms with E-state index in [9.17, 15) is 0 Å². The van der Waals surface area contributed by atoms with Crippen LogP contribution in [0.15, 0.2) is 58.1 Å². The SMILES string of the molecule is CC(C)(C)c1cc(-c2csc(CSc3csc(C(=N)N)c3)n2)n(Cc2ccccc2)n1. The van der Waals surface area contributed by atoms with Gasteiger partial charge in [0.25, 0.3) is 0 Å². The minimum atomic E-state index is -0.0290. The normalized spacial score (nSPS) is 11.7. The quantitative estimate of drug-likeness (QED) is 0.199. The Balaban J connectivity index is 1.56. The van der Waals surface area contributed by atoms with Gasteiger partial charge in [0.15, 0.2) is 0 Å². The van der Waals surface area contributed by atoms with Gasteiger partial charge in [-0.1, -0.05) is 51.1 Å². The maximum atomic E-state index is 7.55. The predicted molar refractivity (Wildman–Crippen MR) is 132 cm³/mol. The molecule has 0 saturated heterocycles. The first-order valence-electron chi connectivity index (χ1n) is 9.92. The average Bonchev–Trinajstić information content (AvgIpc) is 3.46. The van der Waals surface area contributed by atoms with Crippen LogP contribution in [0.25, 0.3) is 11.4 Å². The summed E-state index contributed by atoms with van der Waals surface area (Å²) in [4.78, 5) is 6.84. The first kappa shape index (κ1) is 21.8. The molecule has 0 radical (unpaired) electrons. The van der Waals surface area contributed by atoms with Gasteiger partial charge in [0.2, 0.25) is 0 Å². The Bertz CT molecular complexity index is 1180. The molecule has 31 heavy (non-hydrogen) atoms. The molecular formula is C23H25N5S3. The Kier molecular flexibility index (Phi) is 6.31. The van der Waals surface area contributed by atoms with Crippen molar-refractivity contribution in [2.24, 2.45) is 5.73 Å². The molecule has 4 rings (SSSR count). The molecule has 0 amide bonds. The van der Waals surface area contributed by atoms with Gasteiger partial charge >= 0.3 is 0 Å². The monoisotopic (exact) mass is 467 g/mol. The lowest BCUT2D eigenvalue weighted by Crippen LogP contribution is -2.13. The number of amidine groups is 1. The number of thiophene rings is 1. The second-order valence-electron chi connectivity index (χ2n) is 8.28. The number of nitrogen functional groups attached to an aromatic ring is 1. The van der Waals surface area contributed by atoms with E-state index in [1.807, 2.05) is 17.5 Å². The van der Waals surface area contributed by atoms with Crippen LogP contribution in [-0.2, 0) is 17.7 Å². The van der Waals surface area contributed by atoms with Gasteiger partial charge < -0.3 is 5.73 Å². The van der Waals surface area contributed by atoms with E-state index in [0.29, 0.717) is 0 Å². The third-order valence-electron chi connectivity index (χ3n) is 4.74. The van der Waals surface area contributed by atoms with E-state index >= 15 is 0 Å². The van der Waals surface area contributed by atoms with Crippen molar-refractivity contribution in [2.45, 2.75) is 43.4 Å². The molecule has 3 N–H and O–H groups in total. The first-order valence-corrected chi connectivity index (χ1v) is 12.7. The number of nitrogens with two attached hydrogens (primary N) is 1. The van der Waals surface area contributed by atoms with Crippen LogP contribution in [0.4, 0.5) is 0 Å². The molecule has 4 aromatic rings. The lowest BCUT2D eigenvalue weighted by Gasteiger charge is -2.14. The molecule has 0 fully saturated rings.